The Morgan fingerprint density at radius 3 is 3.04 bits per heavy atom. The van der Waals surface area contributed by atoms with E-state index in [4.69, 9.17) is 0 Å². The van der Waals surface area contributed by atoms with Gasteiger partial charge in [-0.05, 0) is 40.9 Å². The zero-order valence-electron chi connectivity index (χ0n) is 12.0. The monoisotopic (exact) mass is 372 g/mol. The number of pyridine rings is 2. The van der Waals surface area contributed by atoms with E-state index in [1.165, 1.54) is 0 Å². The summed E-state index contributed by atoms with van der Waals surface area (Å²) in [6.07, 6.45) is 5.59. The number of halogens is 1. The highest BCUT2D eigenvalue weighted by Gasteiger charge is 2.28. The molecule has 116 valence electrons. The molecule has 0 saturated heterocycles. The summed E-state index contributed by atoms with van der Waals surface area (Å²) >= 11 is 3.38. The molecule has 7 nitrogen and oxygen atoms in total. The Hall–Kier alpha value is -2.48. The predicted molar refractivity (Wildman–Crippen MR) is 90.4 cm³/mol. The standard InChI is InChI=1S/C15H13BrN6O/c16-14-13-9(2-1-5-17-13)6-11(20-14)21-15(23)19-10-7-18-22-12(10)8-3-4-8/h1-2,5-8H,3-4H2,(H,18,22)(H2,19,20,21,23). The molecular formula is C15H13BrN6O. The Morgan fingerprint density at radius 2 is 2.22 bits per heavy atom. The van der Waals surface area contributed by atoms with Gasteiger partial charge in [-0.1, -0.05) is 6.07 Å². The van der Waals surface area contributed by atoms with Gasteiger partial charge in [0.25, 0.3) is 0 Å². The lowest BCUT2D eigenvalue weighted by atomic mass is 10.2. The van der Waals surface area contributed by atoms with Crippen molar-refractivity contribution in [3.8, 4) is 0 Å². The van der Waals surface area contributed by atoms with Crippen LogP contribution >= 0.6 is 15.9 Å². The molecule has 1 saturated carbocycles. The lowest BCUT2D eigenvalue weighted by Crippen LogP contribution is -2.20. The summed E-state index contributed by atoms with van der Waals surface area (Å²) in [5.74, 6) is 0.929. The zero-order valence-corrected chi connectivity index (χ0v) is 13.6. The van der Waals surface area contributed by atoms with Crippen LogP contribution in [0, 0.1) is 0 Å². The van der Waals surface area contributed by atoms with Crippen LogP contribution in [0.2, 0.25) is 0 Å². The smallest absolute Gasteiger partial charge is 0.305 e. The van der Waals surface area contributed by atoms with E-state index in [9.17, 15) is 4.79 Å². The molecule has 1 fully saturated rings. The lowest BCUT2D eigenvalue weighted by molar-refractivity contribution is 0.262. The van der Waals surface area contributed by atoms with Gasteiger partial charge < -0.3 is 5.32 Å². The van der Waals surface area contributed by atoms with Crippen LogP contribution in [-0.4, -0.2) is 26.2 Å². The topological polar surface area (TPSA) is 95.6 Å². The van der Waals surface area contributed by atoms with E-state index < -0.39 is 0 Å². The number of fused-ring (bicyclic) bond motifs is 1. The predicted octanol–water partition coefficient (Wildman–Crippen LogP) is 3.64. The number of rotatable bonds is 3. The number of H-pyrrole nitrogens is 1. The van der Waals surface area contributed by atoms with Crippen molar-refractivity contribution >= 4 is 44.4 Å². The SMILES string of the molecule is O=C(Nc1cc2cccnc2c(Br)n1)Nc1cn[nH]c1C1CC1. The Kier molecular flexibility index (Phi) is 3.45. The number of hydrogen-bond acceptors (Lipinski definition) is 4. The van der Waals surface area contributed by atoms with Crippen molar-refractivity contribution in [2.75, 3.05) is 10.6 Å². The van der Waals surface area contributed by atoms with Gasteiger partial charge in [-0.25, -0.2) is 9.78 Å². The first-order chi connectivity index (χ1) is 11.2. The third-order valence-electron chi connectivity index (χ3n) is 3.69. The molecule has 0 aliphatic heterocycles. The molecule has 23 heavy (non-hydrogen) atoms. The molecule has 0 bridgehead atoms. The second-order valence-electron chi connectivity index (χ2n) is 5.42. The van der Waals surface area contributed by atoms with Crippen molar-refractivity contribution in [1.29, 1.82) is 0 Å². The van der Waals surface area contributed by atoms with Crippen molar-refractivity contribution in [1.82, 2.24) is 20.2 Å². The molecule has 2 amide bonds. The van der Waals surface area contributed by atoms with E-state index in [0.29, 0.717) is 22.0 Å². The highest BCUT2D eigenvalue weighted by molar-refractivity contribution is 9.10. The van der Waals surface area contributed by atoms with E-state index in [-0.39, 0.29) is 6.03 Å². The number of carbonyl (C=O) groups is 1. The second-order valence-corrected chi connectivity index (χ2v) is 6.18. The molecule has 0 radical (unpaired) electrons. The zero-order chi connectivity index (χ0) is 15.8. The van der Waals surface area contributed by atoms with Crippen LogP contribution in [0.5, 0.6) is 0 Å². The number of nitrogens with zero attached hydrogens (tertiary/aromatic N) is 3. The van der Waals surface area contributed by atoms with Gasteiger partial charge in [0.05, 0.1) is 17.6 Å². The summed E-state index contributed by atoms with van der Waals surface area (Å²) in [6, 6.07) is 5.19. The van der Waals surface area contributed by atoms with Crippen molar-refractivity contribution in [2.24, 2.45) is 0 Å². The van der Waals surface area contributed by atoms with E-state index in [1.807, 2.05) is 12.1 Å². The molecule has 0 spiro atoms. The maximum absolute atomic E-state index is 12.2. The average molecular weight is 373 g/mol. The first-order valence-electron chi connectivity index (χ1n) is 7.23. The van der Waals surface area contributed by atoms with Gasteiger partial charge in [-0.15, -0.1) is 0 Å². The van der Waals surface area contributed by atoms with Gasteiger partial charge in [0, 0.05) is 17.5 Å². The third-order valence-corrected chi connectivity index (χ3v) is 4.24. The molecule has 1 aliphatic carbocycles. The molecule has 3 heterocycles. The van der Waals surface area contributed by atoms with Crippen LogP contribution in [0.4, 0.5) is 16.3 Å². The molecule has 3 aromatic heterocycles. The summed E-state index contributed by atoms with van der Waals surface area (Å²) in [5.41, 5.74) is 2.45. The molecule has 0 aromatic carbocycles. The Labute approximate surface area is 140 Å². The van der Waals surface area contributed by atoms with Gasteiger partial charge in [0.1, 0.15) is 15.9 Å². The molecule has 3 N–H and O–H groups in total. The summed E-state index contributed by atoms with van der Waals surface area (Å²) in [4.78, 5) is 20.7. The summed E-state index contributed by atoms with van der Waals surface area (Å²) < 4.78 is 0.591. The Bertz CT molecular complexity index is 889. The molecule has 0 atom stereocenters. The first-order valence-corrected chi connectivity index (χ1v) is 8.02. The number of aromatic nitrogens is 4. The highest BCUT2D eigenvalue weighted by atomic mass is 79.9. The number of nitrogens with one attached hydrogen (secondary N) is 3. The van der Waals surface area contributed by atoms with Gasteiger partial charge in [-0.2, -0.15) is 5.10 Å². The maximum Gasteiger partial charge on any atom is 0.324 e. The number of aromatic amines is 1. The summed E-state index contributed by atoms with van der Waals surface area (Å²) in [5, 5.41) is 13.4. The minimum Gasteiger partial charge on any atom is -0.305 e. The molecule has 3 aromatic rings. The fourth-order valence-corrected chi connectivity index (χ4v) is 2.98. The van der Waals surface area contributed by atoms with Crippen molar-refractivity contribution in [3.05, 3.63) is 40.9 Å². The van der Waals surface area contributed by atoms with Gasteiger partial charge in [0.2, 0.25) is 0 Å². The molecule has 1 aliphatic rings. The summed E-state index contributed by atoms with van der Waals surface area (Å²) in [6.45, 7) is 0. The fraction of sp³-hybridized carbons (Fsp3) is 0.200. The number of amides is 2. The molecular weight excluding hydrogens is 360 g/mol. The summed E-state index contributed by atoms with van der Waals surface area (Å²) in [7, 11) is 0. The van der Waals surface area contributed by atoms with E-state index in [2.05, 4.69) is 46.7 Å². The maximum atomic E-state index is 12.2. The molecule has 4 rings (SSSR count). The van der Waals surface area contributed by atoms with E-state index >= 15 is 0 Å². The Morgan fingerprint density at radius 1 is 1.35 bits per heavy atom. The lowest BCUT2D eigenvalue weighted by Gasteiger charge is -2.08. The first kappa shape index (κ1) is 14.1. The molecule has 0 unspecified atom stereocenters. The van der Waals surface area contributed by atoms with Crippen molar-refractivity contribution < 1.29 is 4.79 Å². The minimum absolute atomic E-state index is 0.351. The Balaban J connectivity index is 1.53. The van der Waals surface area contributed by atoms with Crippen LogP contribution in [0.1, 0.15) is 24.5 Å². The van der Waals surface area contributed by atoms with Crippen LogP contribution in [0.15, 0.2) is 35.2 Å². The normalized spacial score (nSPS) is 14.0. The number of urea groups is 1. The molecule has 8 heteroatoms. The fourth-order valence-electron chi connectivity index (χ4n) is 2.46. The third kappa shape index (κ3) is 2.89. The second kappa shape index (κ2) is 5.62. The van der Waals surface area contributed by atoms with Crippen LogP contribution in [0.3, 0.4) is 0 Å². The van der Waals surface area contributed by atoms with Crippen LogP contribution in [-0.2, 0) is 0 Å². The average Bonchev–Trinajstić information content (AvgIpc) is 3.27. The number of hydrogen-bond donors (Lipinski definition) is 3. The van der Waals surface area contributed by atoms with Crippen molar-refractivity contribution in [2.45, 2.75) is 18.8 Å². The largest absolute Gasteiger partial charge is 0.324 e. The number of carbonyl (C=O) groups excluding carboxylic acids is 1. The van der Waals surface area contributed by atoms with Gasteiger partial charge in [-0.3, -0.25) is 15.4 Å². The van der Waals surface area contributed by atoms with Crippen molar-refractivity contribution in [3.63, 3.8) is 0 Å². The number of anilines is 2. The van der Waals surface area contributed by atoms with E-state index in [1.54, 1.807) is 18.5 Å². The quantitative estimate of drug-likeness (QED) is 0.611. The van der Waals surface area contributed by atoms with Crippen LogP contribution in [0.25, 0.3) is 10.9 Å². The van der Waals surface area contributed by atoms with E-state index in [0.717, 1.165) is 29.4 Å². The van der Waals surface area contributed by atoms with Gasteiger partial charge >= 0.3 is 6.03 Å². The van der Waals surface area contributed by atoms with Gasteiger partial charge in [0.15, 0.2) is 0 Å². The minimum atomic E-state index is -0.351. The van der Waals surface area contributed by atoms with Crippen LogP contribution < -0.4 is 10.6 Å². The highest BCUT2D eigenvalue weighted by Crippen LogP contribution is 2.42.